The number of carboxylic acid groups (broad SMARTS) is 1. The molecular formula is C12H19N3O2. The Kier molecular flexibility index (Phi) is 3.19. The van der Waals surface area contributed by atoms with Gasteiger partial charge in [-0.2, -0.15) is 5.10 Å². The van der Waals surface area contributed by atoms with E-state index in [0.29, 0.717) is 0 Å². The second kappa shape index (κ2) is 4.49. The summed E-state index contributed by atoms with van der Waals surface area (Å²) in [5.74, 6) is -0.911. The van der Waals surface area contributed by atoms with Gasteiger partial charge in [-0.25, -0.2) is 4.79 Å². The summed E-state index contributed by atoms with van der Waals surface area (Å²) < 4.78 is 1.86. The van der Waals surface area contributed by atoms with Gasteiger partial charge in [-0.1, -0.05) is 6.92 Å². The molecule has 0 spiro atoms. The Morgan fingerprint density at radius 3 is 2.76 bits per heavy atom. The van der Waals surface area contributed by atoms with E-state index in [4.69, 9.17) is 5.11 Å². The molecule has 0 aliphatic carbocycles. The molecule has 5 nitrogen and oxygen atoms in total. The van der Waals surface area contributed by atoms with Gasteiger partial charge in [0.05, 0.1) is 5.69 Å². The summed E-state index contributed by atoms with van der Waals surface area (Å²) in [5.41, 5.74) is 2.24. The van der Waals surface area contributed by atoms with Crippen molar-refractivity contribution < 1.29 is 9.90 Å². The summed E-state index contributed by atoms with van der Waals surface area (Å²) in [5, 5.41) is 13.4. The lowest BCUT2D eigenvalue weighted by molar-refractivity contribution is 0.0688. The van der Waals surface area contributed by atoms with Crippen molar-refractivity contribution in [2.24, 2.45) is 0 Å². The standard InChI is InChI=1S/C12H19N3O2/c1-4-14-6-5-9-10(7-14)15(8(2)3)13-11(9)12(16)17/h8H,4-7H2,1-3H3,(H,16,17). The van der Waals surface area contributed by atoms with E-state index < -0.39 is 5.97 Å². The molecule has 2 heterocycles. The van der Waals surface area contributed by atoms with Crippen LogP contribution in [0.2, 0.25) is 0 Å². The number of nitrogens with zero attached hydrogens (tertiary/aromatic N) is 3. The quantitative estimate of drug-likeness (QED) is 0.866. The van der Waals surface area contributed by atoms with Crippen LogP contribution in [-0.4, -0.2) is 38.8 Å². The number of aromatic carboxylic acids is 1. The first kappa shape index (κ1) is 12.1. The summed E-state index contributed by atoms with van der Waals surface area (Å²) in [6.07, 6.45) is 0.789. The molecule has 0 amide bonds. The lowest BCUT2D eigenvalue weighted by Gasteiger charge is -2.27. The van der Waals surface area contributed by atoms with Gasteiger partial charge in [-0.05, 0) is 26.8 Å². The van der Waals surface area contributed by atoms with Crippen molar-refractivity contribution in [3.8, 4) is 0 Å². The molecule has 2 rings (SSSR count). The number of carbonyl (C=O) groups is 1. The highest BCUT2D eigenvalue weighted by Crippen LogP contribution is 2.24. The van der Waals surface area contributed by atoms with Crippen molar-refractivity contribution in [1.82, 2.24) is 14.7 Å². The first-order valence-electron chi connectivity index (χ1n) is 6.10. The predicted molar refractivity (Wildman–Crippen MR) is 64.2 cm³/mol. The van der Waals surface area contributed by atoms with Crippen LogP contribution in [0.25, 0.3) is 0 Å². The minimum atomic E-state index is -0.911. The SMILES string of the molecule is CCN1CCc2c(C(=O)O)nn(C(C)C)c2C1. The monoisotopic (exact) mass is 237 g/mol. The first-order valence-corrected chi connectivity index (χ1v) is 6.10. The lowest BCUT2D eigenvalue weighted by Crippen LogP contribution is -2.31. The molecule has 1 N–H and O–H groups in total. The van der Waals surface area contributed by atoms with Crippen LogP contribution in [0.4, 0.5) is 0 Å². The predicted octanol–water partition coefficient (Wildman–Crippen LogP) is 1.54. The third-order valence-electron chi connectivity index (χ3n) is 3.31. The van der Waals surface area contributed by atoms with Gasteiger partial charge in [-0.3, -0.25) is 9.58 Å². The summed E-state index contributed by atoms with van der Waals surface area (Å²) in [7, 11) is 0. The lowest BCUT2D eigenvalue weighted by atomic mass is 10.0. The van der Waals surface area contributed by atoms with Gasteiger partial charge in [0.1, 0.15) is 0 Å². The molecule has 0 atom stereocenters. The molecule has 17 heavy (non-hydrogen) atoms. The van der Waals surface area contributed by atoms with E-state index in [9.17, 15) is 4.79 Å². The van der Waals surface area contributed by atoms with Gasteiger partial charge in [0.15, 0.2) is 5.69 Å². The number of rotatable bonds is 3. The topological polar surface area (TPSA) is 58.4 Å². The smallest absolute Gasteiger partial charge is 0.356 e. The number of hydrogen-bond acceptors (Lipinski definition) is 3. The zero-order chi connectivity index (χ0) is 12.6. The molecule has 0 bridgehead atoms. The zero-order valence-electron chi connectivity index (χ0n) is 10.6. The molecule has 0 aromatic carbocycles. The van der Waals surface area contributed by atoms with E-state index in [2.05, 4.69) is 16.9 Å². The van der Waals surface area contributed by atoms with Gasteiger partial charge < -0.3 is 5.11 Å². The highest BCUT2D eigenvalue weighted by molar-refractivity contribution is 5.87. The highest BCUT2D eigenvalue weighted by Gasteiger charge is 2.27. The Labute approximate surface area is 101 Å². The molecule has 1 aliphatic heterocycles. The number of carboxylic acids is 1. The minimum Gasteiger partial charge on any atom is -0.476 e. The van der Waals surface area contributed by atoms with Crippen molar-refractivity contribution >= 4 is 5.97 Å². The van der Waals surface area contributed by atoms with Crippen LogP contribution in [-0.2, 0) is 13.0 Å². The first-order chi connectivity index (χ1) is 8.04. The van der Waals surface area contributed by atoms with Gasteiger partial charge in [0, 0.05) is 24.7 Å². The van der Waals surface area contributed by atoms with Crippen LogP contribution in [0.5, 0.6) is 0 Å². The van der Waals surface area contributed by atoms with Gasteiger partial charge in [-0.15, -0.1) is 0 Å². The minimum absolute atomic E-state index is 0.202. The normalized spacial score (nSPS) is 16.2. The van der Waals surface area contributed by atoms with Gasteiger partial charge in [0.2, 0.25) is 0 Å². The molecule has 0 unspecified atom stereocenters. The Hall–Kier alpha value is -1.36. The maximum atomic E-state index is 11.2. The number of hydrogen-bond donors (Lipinski definition) is 1. The number of fused-ring (bicyclic) bond motifs is 1. The summed E-state index contributed by atoms with van der Waals surface area (Å²) in [4.78, 5) is 13.5. The fourth-order valence-electron chi connectivity index (χ4n) is 2.36. The van der Waals surface area contributed by atoms with E-state index in [1.54, 1.807) is 0 Å². The fourth-order valence-corrected chi connectivity index (χ4v) is 2.36. The molecular weight excluding hydrogens is 218 g/mol. The molecule has 1 aromatic heterocycles. The summed E-state index contributed by atoms with van der Waals surface area (Å²) >= 11 is 0. The molecule has 1 aromatic rings. The van der Waals surface area contributed by atoms with Crippen molar-refractivity contribution in [2.75, 3.05) is 13.1 Å². The Bertz CT molecular complexity index is 437. The summed E-state index contributed by atoms with van der Waals surface area (Å²) in [6.45, 7) is 8.91. The van der Waals surface area contributed by atoms with Crippen LogP contribution in [0.15, 0.2) is 0 Å². The summed E-state index contributed by atoms with van der Waals surface area (Å²) in [6, 6.07) is 0.202. The van der Waals surface area contributed by atoms with E-state index in [0.717, 1.165) is 37.3 Å². The van der Waals surface area contributed by atoms with E-state index >= 15 is 0 Å². The van der Waals surface area contributed by atoms with E-state index in [-0.39, 0.29) is 11.7 Å². The third kappa shape index (κ3) is 2.07. The van der Waals surface area contributed by atoms with Crippen molar-refractivity contribution in [3.63, 3.8) is 0 Å². The van der Waals surface area contributed by atoms with E-state index in [1.165, 1.54) is 0 Å². The van der Waals surface area contributed by atoms with Crippen molar-refractivity contribution in [1.29, 1.82) is 0 Å². The van der Waals surface area contributed by atoms with Crippen LogP contribution in [0, 0.1) is 0 Å². The van der Waals surface area contributed by atoms with Gasteiger partial charge >= 0.3 is 5.97 Å². The van der Waals surface area contributed by atoms with Crippen molar-refractivity contribution in [2.45, 2.75) is 39.8 Å². The fraction of sp³-hybridized carbons (Fsp3) is 0.667. The average molecular weight is 237 g/mol. The maximum absolute atomic E-state index is 11.2. The zero-order valence-corrected chi connectivity index (χ0v) is 10.6. The Balaban J connectivity index is 2.46. The van der Waals surface area contributed by atoms with E-state index in [1.807, 2.05) is 18.5 Å². The van der Waals surface area contributed by atoms with Crippen LogP contribution < -0.4 is 0 Å². The Morgan fingerprint density at radius 1 is 1.53 bits per heavy atom. The van der Waals surface area contributed by atoms with Crippen LogP contribution in [0.1, 0.15) is 48.6 Å². The maximum Gasteiger partial charge on any atom is 0.356 e. The van der Waals surface area contributed by atoms with Crippen molar-refractivity contribution in [3.05, 3.63) is 17.0 Å². The second-order valence-electron chi connectivity index (χ2n) is 4.74. The van der Waals surface area contributed by atoms with Crippen LogP contribution >= 0.6 is 0 Å². The van der Waals surface area contributed by atoms with Crippen LogP contribution in [0.3, 0.4) is 0 Å². The molecule has 5 heteroatoms. The molecule has 1 aliphatic rings. The molecule has 0 saturated heterocycles. The largest absolute Gasteiger partial charge is 0.476 e. The molecule has 0 radical (unpaired) electrons. The Morgan fingerprint density at radius 2 is 2.24 bits per heavy atom. The third-order valence-corrected chi connectivity index (χ3v) is 3.31. The second-order valence-corrected chi connectivity index (χ2v) is 4.74. The molecule has 0 saturated carbocycles. The highest BCUT2D eigenvalue weighted by atomic mass is 16.4. The van der Waals surface area contributed by atoms with Gasteiger partial charge in [0.25, 0.3) is 0 Å². The number of likely N-dealkylation sites (N-methyl/N-ethyl adjacent to an activating group) is 1. The average Bonchev–Trinajstić information content (AvgIpc) is 2.67. The molecule has 94 valence electrons. The number of aromatic nitrogens is 2. The molecule has 0 fully saturated rings.